The van der Waals surface area contributed by atoms with Crippen molar-refractivity contribution in [2.45, 2.75) is 6.92 Å². The second kappa shape index (κ2) is 7.67. The largest absolute Gasteiger partial charge is 0.497 e. The highest BCUT2D eigenvalue weighted by Gasteiger charge is 2.13. The van der Waals surface area contributed by atoms with Gasteiger partial charge in [0.05, 0.1) is 14.2 Å². The molecule has 4 rings (SSSR count). The number of carbonyl (C=O) groups is 1. The third kappa shape index (κ3) is 3.91. The molecule has 0 bridgehead atoms. The Hall–Kier alpha value is -3.80. The Bertz CT molecular complexity index is 1170. The highest BCUT2D eigenvalue weighted by Crippen LogP contribution is 2.27. The maximum atomic E-state index is 12.7. The number of hydrogen-bond acceptors (Lipinski definition) is 5. The van der Waals surface area contributed by atoms with E-state index in [1.165, 1.54) is 0 Å². The monoisotopic (exact) mass is 388 g/mol. The lowest BCUT2D eigenvalue weighted by atomic mass is 10.1. The lowest BCUT2D eigenvalue weighted by molar-refractivity contribution is 0.102. The minimum atomic E-state index is -0.271. The number of anilines is 1. The van der Waals surface area contributed by atoms with Gasteiger partial charge in [0.2, 0.25) is 5.89 Å². The number of ether oxygens (including phenoxy) is 2. The Labute approximate surface area is 168 Å². The first-order chi connectivity index (χ1) is 14.1. The molecule has 0 radical (unpaired) electrons. The van der Waals surface area contributed by atoms with Gasteiger partial charge in [-0.3, -0.25) is 4.79 Å². The maximum Gasteiger partial charge on any atom is 0.255 e. The Kier molecular flexibility index (Phi) is 4.91. The van der Waals surface area contributed by atoms with Crippen LogP contribution >= 0.6 is 0 Å². The second-order valence-electron chi connectivity index (χ2n) is 6.63. The van der Waals surface area contributed by atoms with Crippen LogP contribution in [0.25, 0.3) is 22.6 Å². The molecule has 29 heavy (non-hydrogen) atoms. The molecule has 1 amide bonds. The van der Waals surface area contributed by atoms with E-state index in [0.29, 0.717) is 28.6 Å². The number of benzene rings is 3. The molecule has 6 heteroatoms. The molecule has 1 heterocycles. The van der Waals surface area contributed by atoms with Crippen LogP contribution in [0.4, 0.5) is 5.69 Å². The van der Waals surface area contributed by atoms with Crippen molar-refractivity contribution < 1.29 is 18.7 Å². The van der Waals surface area contributed by atoms with Crippen LogP contribution < -0.4 is 14.8 Å². The van der Waals surface area contributed by atoms with Crippen LogP contribution in [0.1, 0.15) is 15.9 Å². The molecule has 146 valence electrons. The molecule has 3 aromatic carbocycles. The SMILES string of the molecule is COc1cc(OC)cc(C(=O)Nc2cccc(-c3nc4cc(C)ccc4o3)c2)c1. The van der Waals surface area contributed by atoms with Crippen molar-refractivity contribution in [3.05, 3.63) is 71.8 Å². The quantitative estimate of drug-likeness (QED) is 0.516. The molecule has 0 aliphatic rings. The van der Waals surface area contributed by atoms with E-state index in [2.05, 4.69) is 10.3 Å². The van der Waals surface area contributed by atoms with Crippen LogP contribution in [0.3, 0.4) is 0 Å². The zero-order valence-corrected chi connectivity index (χ0v) is 16.4. The van der Waals surface area contributed by atoms with Crippen LogP contribution in [-0.4, -0.2) is 25.1 Å². The van der Waals surface area contributed by atoms with Crippen LogP contribution in [0.15, 0.2) is 65.1 Å². The van der Waals surface area contributed by atoms with E-state index in [1.807, 2.05) is 49.4 Å². The number of aromatic nitrogens is 1. The summed E-state index contributed by atoms with van der Waals surface area (Å²) in [7, 11) is 3.09. The zero-order chi connectivity index (χ0) is 20.4. The number of carbonyl (C=O) groups excluding carboxylic acids is 1. The number of nitrogens with zero attached hydrogens (tertiary/aromatic N) is 1. The summed E-state index contributed by atoms with van der Waals surface area (Å²) in [5.41, 5.74) is 4.49. The van der Waals surface area contributed by atoms with E-state index in [-0.39, 0.29) is 5.91 Å². The Morgan fingerprint density at radius 3 is 2.45 bits per heavy atom. The van der Waals surface area contributed by atoms with Gasteiger partial charge in [0, 0.05) is 22.9 Å². The highest BCUT2D eigenvalue weighted by molar-refractivity contribution is 6.05. The normalized spacial score (nSPS) is 10.7. The molecule has 0 aliphatic carbocycles. The van der Waals surface area contributed by atoms with E-state index in [1.54, 1.807) is 32.4 Å². The summed E-state index contributed by atoms with van der Waals surface area (Å²) in [5, 5.41) is 2.89. The second-order valence-corrected chi connectivity index (χ2v) is 6.63. The van der Waals surface area contributed by atoms with Gasteiger partial charge in [-0.05, 0) is 55.0 Å². The average molecular weight is 388 g/mol. The first-order valence-electron chi connectivity index (χ1n) is 9.08. The predicted molar refractivity (Wildman–Crippen MR) is 112 cm³/mol. The van der Waals surface area contributed by atoms with Gasteiger partial charge < -0.3 is 19.2 Å². The number of rotatable bonds is 5. The molecular weight excluding hydrogens is 368 g/mol. The molecule has 0 saturated heterocycles. The summed E-state index contributed by atoms with van der Waals surface area (Å²) < 4.78 is 16.3. The van der Waals surface area contributed by atoms with Gasteiger partial charge in [0.15, 0.2) is 5.58 Å². The summed E-state index contributed by atoms with van der Waals surface area (Å²) in [6, 6.07) is 18.3. The molecule has 0 aliphatic heterocycles. The summed E-state index contributed by atoms with van der Waals surface area (Å²) in [6.07, 6.45) is 0. The molecule has 0 atom stereocenters. The first-order valence-corrected chi connectivity index (χ1v) is 9.08. The van der Waals surface area contributed by atoms with E-state index in [0.717, 1.165) is 22.2 Å². The molecular formula is C23H20N2O4. The van der Waals surface area contributed by atoms with Crippen molar-refractivity contribution in [2.24, 2.45) is 0 Å². The van der Waals surface area contributed by atoms with E-state index in [4.69, 9.17) is 13.9 Å². The van der Waals surface area contributed by atoms with Gasteiger partial charge >= 0.3 is 0 Å². The van der Waals surface area contributed by atoms with Gasteiger partial charge in [-0.1, -0.05) is 12.1 Å². The maximum absolute atomic E-state index is 12.7. The Morgan fingerprint density at radius 2 is 1.72 bits per heavy atom. The molecule has 0 spiro atoms. The number of methoxy groups -OCH3 is 2. The minimum absolute atomic E-state index is 0.271. The van der Waals surface area contributed by atoms with E-state index < -0.39 is 0 Å². The highest BCUT2D eigenvalue weighted by atomic mass is 16.5. The molecule has 1 aromatic heterocycles. The molecule has 0 fully saturated rings. The van der Waals surface area contributed by atoms with Crippen molar-refractivity contribution in [1.29, 1.82) is 0 Å². The van der Waals surface area contributed by atoms with Gasteiger partial charge in [-0.2, -0.15) is 0 Å². The number of aryl methyl sites for hydroxylation is 1. The summed E-state index contributed by atoms with van der Waals surface area (Å²) in [4.78, 5) is 17.3. The first kappa shape index (κ1) is 18.6. The molecule has 1 N–H and O–H groups in total. The number of amides is 1. The fourth-order valence-corrected chi connectivity index (χ4v) is 3.03. The van der Waals surface area contributed by atoms with Crippen molar-refractivity contribution in [3.63, 3.8) is 0 Å². The fourth-order valence-electron chi connectivity index (χ4n) is 3.03. The van der Waals surface area contributed by atoms with Gasteiger partial charge in [-0.15, -0.1) is 0 Å². The average Bonchev–Trinajstić information content (AvgIpc) is 3.16. The minimum Gasteiger partial charge on any atom is -0.497 e. The Morgan fingerprint density at radius 1 is 0.966 bits per heavy atom. The van der Waals surface area contributed by atoms with E-state index >= 15 is 0 Å². The van der Waals surface area contributed by atoms with Crippen molar-refractivity contribution in [1.82, 2.24) is 4.98 Å². The fraction of sp³-hybridized carbons (Fsp3) is 0.130. The lowest BCUT2D eigenvalue weighted by Crippen LogP contribution is -2.12. The van der Waals surface area contributed by atoms with Crippen molar-refractivity contribution in [3.8, 4) is 23.0 Å². The number of fused-ring (bicyclic) bond motifs is 1. The van der Waals surface area contributed by atoms with Crippen LogP contribution in [0, 0.1) is 6.92 Å². The topological polar surface area (TPSA) is 73.6 Å². The number of hydrogen-bond donors (Lipinski definition) is 1. The van der Waals surface area contributed by atoms with E-state index in [9.17, 15) is 4.79 Å². The predicted octanol–water partition coefficient (Wildman–Crippen LogP) is 5.07. The van der Waals surface area contributed by atoms with Gasteiger partial charge in [-0.25, -0.2) is 4.98 Å². The van der Waals surface area contributed by atoms with Crippen LogP contribution in [-0.2, 0) is 0 Å². The summed E-state index contributed by atoms with van der Waals surface area (Å²) in [6.45, 7) is 2.01. The number of nitrogens with one attached hydrogen (secondary N) is 1. The van der Waals surface area contributed by atoms with Crippen molar-refractivity contribution >= 4 is 22.7 Å². The summed E-state index contributed by atoms with van der Waals surface area (Å²) in [5.74, 6) is 1.33. The van der Waals surface area contributed by atoms with Crippen LogP contribution in [0.2, 0.25) is 0 Å². The third-order valence-electron chi connectivity index (χ3n) is 4.52. The van der Waals surface area contributed by atoms with Gasteiger partial charge in [0.25, 0.3) is 5.91 Å². The Balaban J connectivity index is 1.61. The summed E-state index contributed by atoms with van der Waals surface area (Å²) >= 11 is 0. The molecule has 4 aromatic rings. The zero-order valence-electron chi connectivity index (χ0n) is 16.4. The third-order valence-corrected chi connectivity index (χ3v) is 4.52. The number of oxazole rings is 1. The van der Waals surface area contributed by atoms with Crippen molar-refractivity contribution in [2.75, 3.05) is 19.5 Å². The van der Waals surface area contributed by atoms with Gasteiger partial charge in [0.1, 0.15) is 17.0 Å². The molecule has 6 nitrogen and oxygen atoms in total. The lowest BCUT2D eigenvalue weighted by Gasteiger charge is -2.10. The molecule has 0 saturated carbocycles. The smallest absolute Gasteiger partial charge is 0.255 e. The standard InChI is InChI=1S/C23H20N2O4/c1-14-7-8-21-20(9-14)25-23(29-21)15-5-4-6-17(10-15)24-22(26)16-11-18(27-2)13-19(12-16)28-3/h4-13H,1-3H3,(H,24,26). The molecule has 0 unspecified atom stereocenters. The van der Waals surface area contributed by atoms with Crippen LogP contribution in [0.5, 0.6) is 11.5 Å².